The average Bonchev–Trinajstić information content (AvgIpc) is 2.75. The monoisotopic (exact) mass is 429 g/mol. The smallest absolute Gasteiger partial charge is 0.342 e. The van der Waals surface area contributed by atoms with E-state index in [9.17, 15) is 22.8 Å². The molecule has 0 saturated carbocycles. The molecule has 3 rings (SSSR count). The first-order valence-electron chi connectivity index (χ1n) is 9.26. The van der Waals surface area contributed by atoms with E-state index in [1.165, 1.54) is 25.1 Å². The summed E-state index contributed by atoms with van der Waals surface area (Å²) < 4.78 is 50.5. The fraction of sp³-hybridized carbons (Fsp3) is 0.130. The highest BCUT2D eigenvalue weighted by Gasteiger charge is 2.22. The minimum absolute atomic E-state index is 0.0808. The number of amides is 1. The lowest BCUT2D eigenvalue weighted by Crippen LogP contribution is -2.30. The highest BCUT2D eigenvalue weighted by Crippen LogP contribution is 2.22. The molecule has 0 spiro atoms. The van der Waals surface area contributed by atoms with Gasteiger partial charge in [0.2, 0.25) is 0 Å². The zero-order valence-corrected chi connectivity index (χ0v) is 16.4. The first-order chi connectivity index (χ1) is 14.8. The first kappa shape index (κ1) is 21.9. The van der Waals surface area contributed by atoms with Gasteiger partial charge in [0.15, 0.2) is 6.10 Å². The largest absolute Gasteiger partial charge is 0.488 e. The number of carbonyl (C=O) groups excluding carboxylic acids is 2. The van der Waals surface area contributed by atoms with E-state index in [0.717, 1.165) is 12.1 Å². The van der Waals surface area contributed by atoms with Crippen LogP contribution in [0.5, 0.6) is 5.75 Å². The number of hydrogen-bond donors (Lipinski definition) is 1. The van der Waals surface area contributed by atoms with Gasteiger partial charge in [-0.3, -0.25) is 4.79 Å². The van der Waals surface area contributed by atoms with Gasteiger partial charge in [0.25, 0.3) is 5.91 Å². The molecule has 8 heteroatoms. The topological polar surface area (TPSA) is 64.6 Å². The maximum Gasteiger partial charge on any atom is 0.342 e. The van der Waals surface area contributed by atoms with Crippen molar-refractivity contribution in [3.05, 3.63) is 95.3 Å². The van der Waals surface area contributed by atoms with Crippen molar-refractivity contribution >= 4 is 17.6 Å². The van der Waals surface area contributed by atoms with Gasteiger partial charge in [-0.1, -0.05) is 24.3 Å². The molecule has 0 fully saturated rings. The summed E-state index contributed by atoms with van der Waals surface area (Å²) in [6.45, 7) is 1.40. The molecule has 3 aromatic carbocycles. The molecule has 160 valence electrons. The molecule has 0 aromatic heterocycles. The molecule has 3 aromatic rings. The van der Waals surface area contributed by atoms with Gasteiger partial charge in [0.05, 0.1) is 5.69 Å². The van der Waals surface area contributed by atoms with Crippen molar-refractivity contribution in [2.45, 2.75) is 19.6 Å². The number of anilines is 1. The van der Waals surface area contributed by atoms with E-state index in [-0.39, 0.29) is 29.4 Å². The summed E-state index contributed by atoms with van der Waals surface area (Å²) in [7, 11) is 0. The third-order valence-corrected chi connectivity index (χ3v) is 4.26. The fourth-order valence-corrected chi connectivity index (χ4v) is 2.61. The molecule has 31 heavy (non-hydrogen) atoms. The molecule has 0 aliphatic rings. The fourth-order valence-electron chi connectivity index (χ4n) is 2.61. The number of ether oxygens (including phenoxy) is 2. The Morgan fingerprint density at radius 2 is 1.61 bits per heavy atom. The van der Waals surface area contributed by atoms with Crippen molar-refractivity contribution < 1.29 is 32.2 Å². The van der Waals surface area contributed by atoms with Crippen LogP contribution in [0.3, 0.4) is 0 Å². The van der Waals surface area contributed by atoms with E-state index in [2.05, 4.69) is 5.32 Å². The van der Waals surface area contributed by atoms with Gasteiger partial charge < -0.3 is 14.8 Å². The lowest BCUT2D eigenvalue weighted by Gasteiger charge is -2.16. The summed E-state index contributed by atoms with van der Waals surface area (Å²) in [6, 6.07) is 14.6. The second kappa shape index (κ2) is 9.80. The van der Waals surface area contributed by atoms with Crippen molar-refractivity contribution in [1.82, 2.24) is 0 Å². The predicted molar refractivity (Wildman–Crippen MR) is 107 cm³/mol. The Bertz CT molecular complexity index is 1090. The summed E-state index contributed by atoms with van der Waals surface area (Å²) >= 11 is 0. The van der Waals surface area contributed by atoms with Crippen LogP contribution < -0.4 is 10.1 Å². The van der Waals surface area contributed by atoms with Crippen LogP contribution in [0.25, 0.3) is 0 Å². The quantitative estimate of drug-likeness (QED) is 0.545. The van der Waals surface area contributed by atoms with Gasteiger partial charge in [0, 0.05) is 6.07 Å². The number of halogens is 3. The molecule has 0 aliphatic carbocycles. The highest BCUT2D eigenvalue weighted by atomic mass is 19.1. The van der Waals surface area contributed by atoms with E-state index in [1.54, 1.807) is 30.3 Å². The Morgan fingerprint density at radius 1 is 0.935 bits per heavy atom. The Labute approximate surface area is 176 Å². The van der Waals surface area contributed by atoms with Crippen LogP contribution in [0.4, 0.5) is 18.9 Å². The van der Waals surface area contributed by atoms with Gasteiger partial charge in [0.1, 0.15) is 35.4 Å². The summed E-state index contributed by atoms with van der Waals surface area (Å²) in [5.41, 5.74) is 0.535. The molecule has 0 saturated heterocycles. The number of carbonyl (C=O) groups is 2. The van der Waals surface area contributed by atoms with Crippen LogP contribution in [-0.2, 0) is 16.1 Å². The van der Waals surface area contributed by atoms with Gasteiger partial charge >= 0.3 is 5.97 Å². The van der Waals surface area contributed by atoms with Crippen molar-refractivity contribution in [3.63, 3.8) is 0 Å². The van der Waals surface area contributed by atoms with Gasteiger partial charge in [-0.05, 0) is 48.9 Å². The van der Waals surface area contributed by atoms with Gasteiger partial charge in [-0.2, -0.15) is 0 Å². The Balaban J connectivity index is 1.64. The number of hydrogen-bond acceptors (Lipinski definition) is 4. The van der Waals surface area contributed by atoms with Crippen molar-refractivity contribution in [1.29, 1.82) is 0 Å². The van der Waals surface area contributed by atoms with Crippen molar-refractivity contribution in [2.75, 3.05) is 5.32 Å². The van der Waals surface area contributed by atoms with E-state index in [0.29, 0.717) is 11.6 Å². The normalized spacial score (nSPS) is 11.5. The molecular weight excluding hydrogens is 411 g/mol. The molecule has 5 nitrogen and oxygen atoms in total. The highest BCUT2D eigenvalue weighted by molar-refractivity contribution is 5.98. The second-order valence-corrected chi connectivity index (χ2v) is 6.57. The standard InChI is InChI=1S/C23H18F3NO4/c1-14(22(28)27-20-11-10-17(25)12-19(20)26)31-23(29)18-4-2-3-5-21(18)30-13-15-6-8-16(24)9-7-15/h2-12,14H,13H2,1H3,(H,27,28). The zero-order valence-electron chi connectivity index (χ0n) is 16.4. The molecule has 1 atom stereocenters. The summed E-state index contributed by atoms with van der Waals surface area (Å²) in [5, 5.41) is 2.24. The lowest BCUT2D eigenvalue weighted by atomic mass is 10.2. The molecular formula is C23H18F3NO4. The average molecular weight is 429 g/mol. The van der Waals surface area contributed by atoms with Crippen LogP contribution in [-0.4, -0.2) is 18.0 Å². The summed E-state index contributed by atoms with van der Waals surface area (Å²) in [5.74, 6) is -3.51. The molecule has 1 N–H and O–H groups in total. The Morgan fingerprint density at radius 3 is 2.32 bits per heavy atom. The van der Waals surface area contributed by atoms with Crippen LogP contribution in [0, 0.1) is 17.5 Å². The molecule has 0 aliphatic heterocycles. The maximum atomic E-state index is 13.7. The SMILES string of the molecule is CC(OC(=O)c1ccccc1OCc1ccc(F)cc1)C(=O)Nc1ccc(F)cc1F. The predicted octanol–water partition coefficient (Wildman–Crippen LogP) is 4.87. The molecule has 1 amide bonds. The first-order valence-corrected chi connectivity index (χ1v) is 9.26. The van der Waals surface area contributed by atoms with Crippen LogP contribution in [0.2, 0.25) is 0 Å². The third kappa shape index (κ3) is 5.85. The van der Waals surface area contributed by atoms with E-state index in [4.69, 9.17) is 9.47 Å². The van der Waals surface area contributed by atoms with E-state index >= 15 is 0 Å². The molecule has 0 bridgehead atoms. The number of benzene rings is 3. The Hall–Kier alpha value is -3.81. The molecule has 1 unspecified atom stereocenters. The molecule has 0 radical (unpaired) electrons. The zero-order chi connectivity index (χ0) is 22.4. The second-order valence-electron chi connectivity index (χ2n) is 6.57. The molecule has 0 heterocycles. The minimum Gasteiger partial charge on any atom is -0.488 e. The van der Waals surface area contributed by atoms with Crippen LogP contribution >= 0.6 is 0 Å². The minimum atomic E-state index is -1.26. The summed E-state index contributed by atoms with van der Waals surface area (Å²) in [6.07, 6.45) is -1.26. The van der Waals surface area contributed by atoms with Crippen molar-refractivity contribution in [3.8, 4) is 5.75 Å². The lowest BCUT2D eigenvalue weighted by molar-refractivity contribution is -0.123. The maximum absolute atomic E-state index is 13.7. The van der Waals surface area contributed by atoms with E-state index < -0.39 is 29.6 Å². The summed E-state index contributed by atoms with van der Waals surface area (Å²) in [4.78, 5) is 24.8. The number of rotatable bonds is 7. The number of para-hydroxylation sites is 1. The third-order valence-electron chi connectivity index (χ3n) is 4.26. The van der Waals surface area contributed by atoms with Crippen LogP contribution in [0.1, 0.15) is 22.8 Å². The van der Waals surface area contributed by atoms with Gasteiger partial charge in [-0.15, -0.1) is 0 Å². The van der Waals surface area contributed by atoms with E-state index in [1.807, 2.05) is 0 Å². The van der Waals surface area contributed by atoms with Crippen molar-refractivity contribution in [2.24, 2.45) is 0 Å². The number of nitrogens with one attached hydrogen (secondary N) is 1. The Kier molecular flexibility index (Phi) is 6.92. The van der Waals surface area contributed by atoms with Crippen LogP contribution in [0.15, 0.2) is 66.7 Å². The number of esters is 1. The van der Waals surface area contributed by atoms with Gasteiger partial charge in [-0.25, -0.2) is 18.0 Å².